The van der Waals surface area contributed by atoms with E-state index in [0.29, 0.717) is 6.04 Å². The van der Waals surface area contributed by atoms with Crippen LogP contribution in [-0.4, -0.2) is 19.6 Å². The van der Waals surface area contributed by atoms with Crippen molar-refractivity contribution >= 4 is 5.69 Å². The second kappa shape index (κ2) is 6.11. The van der Waals surface area contributed by atoms with E-state index in [0.717, 1.165) is 36.6 Å². The molecule has 2 heterocycles. The Morgan fingerprint density at radius 1 is 1.15 bits per heavy atom. The summed E-state index contributed by atoms with van der Waals surface area (Å²) in [5, 5.41) is 12.5. The lowest BCUT2D eigenvalue weighted by Gasteiger charge is -2.04. The molecule has 0 atom stereocenters. The maximum Gasteiger partial charge on any atom is 0.0825 e. The Morgan fingerprint density at radius 3 is 2.50 bits per heavy atom. The van der Waals surface area contributed by atoms with E-state index in [1.807, 2.05) is 16.3 Å². The van der Waals surface area contributed by atoms with Crippen LogP contribution in [0.1, 0.15) is 50.2 Å². The fourth-order valence-electron chi connectivity index (χ4n) is 2.19. The fraction of sp³-hybridized carbons (Fsp3) is 0.600. The largest absolute Gasteiger partial charge is 0.378 e. The minimum absolute atomic E-state index is 0.387. The molecule has 0 saturated carbocycles. The number of rotatable bonds is 6. The zero-order valence-corrected chi connectivity index (χ0v) is 13.1. The molecule has 0 aliphatic rings. The van der Waals surface area contributed by atoms with Crippen LogP contribution in [0.2, 0.25) is 0 Å². The molecule has 0 amide bonds. The lowest BCUT2D eigenvalue weighted by atomic mass is 10.2. The van der Waals surface area contributed by atoms with Crippen molar-refractivity contribution in [1.82, 2.24) is 19.6 Å². The molecule has 5 heteroatoms. The van der Waals surface area contributed by atoms with Gasteiger partial charge in [-0.15, -0.1) is 0 Å². The first-order valence-electron chi connectivity index (χ1n) is 7.33. The molecule has 0 radical (unpaired) electrons. The van der Waals surface area contributed by atoms with E-state index in [1.54, 1.807) is 0 Å². The summed E-state index contributed by atoms with van der Waals surface area (Å²) in [6.45, 7) is 12.3. The van der Waals surface area contributed by atoms with Gasteiger partial charge < -0.3 is 5.32 Å². The molecule has 20 heavy (non-hydrogen) atoms. The highest BCUT2D eigenvalue weighted by atomic mass is 15.3. The van der Waals surface area contributed by atoms with E-state index in [9.17, 15) is 0 Å². The van der Waals surface area contributed by atoms with Gasteiger partial charge in [0, 0.05) is 37.1 Å². The Bertz CT molecular complexity index is 565. The Balaban J connectivity index is 2.05. The summed E-state index contributed by atoms with van der Waals surface area (Å²) in [4.78, 5) is 0. The number of hydrogen-bond donors (Lipinski definition) is 1. The second-order valence-corrected chi connectivity index (χ2v) is 5.56. The molecule has 2 aromatic heterocycles. The van der Waals surface area contributed by atoms with Gasteiger partial charge in [0.25, 0.3) is 0 Å². The lowest BCUT2D eigenvalue weighted by Crippen LogP contribution is -2.01. The van der Waals surface area contributed by atoms with Gasteiger partial charge >= 0.3 is 0 Å². The molecular weight excluding hydrogens is 250 g/mol. The fourth-order valence-corrected chi connectivity index (χ4v) is 2.19. The molecule has 0 aromatic carbocycles. The van der Waals surface area contributed by atoms with Gasteiger partial charge in [0.15, 0.2) is 0 Å². The second-order valence-electron chi connectivity index (χ2n) is 5.56. The van der Waals surface area contributed by atoms with Crippen molar-refractivity contribution in [3.8, 4) is 0 Å². The van der Waals surface area contributed by atoms with Crippen LogP contribution in [0, 0.1) is 13.8 Å². The van der Waals surface area contributed by atoms with Crippen LogP contribution in [0.5, 0.6) is 0 Å². The van der Waals surface area contributed by atoms with Gasteiger partial charge in [-0.3, -0.25) is 9.36 Å². The van der Waals surface area contributed by atoms with E-state index in [4.69, 9.17) is 0 Å². The first-order chi connectivity index (χ1) is 9.51. The molecule has 0 unspecified atom stereocenters. The molecule has 0 aliphatic carbocycles. The zero-order valence-electron chi connectivity index (χ0n) is 13.1. The normalized spacial score (nSPS) is 11.3. The first-order valence-corrected chi connectivity index (χ1v) is 7.33. The third-order valence-corrected chi connectivity index (χ3v) is 3.42. The van der Waals surface area contributed by atoms with Crippen LogP contribution in [0.25, 0.3) is 0 Å². The summed E-state index contributed by atoms with van der Waals surface area (Å²) < 4.78 is 4.02. The van der Waals surface area contributed by atoms with Gasteiger partial charge in [0.2, 0.25) is 0 Å². The maximum atomic E-state index is 4.52. The Hall–Kier alpha value is -1.78. The first kappa shape index (κ1) is 14.6. The average molecular weight is 275 g/mol. The van der Waals surface area contributed by atoms with Crippen molar-refractivity contribution < 1.29 is 0 Å². The Kier molecular flexibility index (Phi) is 4.47. The molecule has 1 N–H and O–H groups in total. The third kappa shape index (κ3) is 3.21. The van der Waals surface area contributed by atoms with Crippen LogP contribution >= 0.6 is 0 Å². The summed E-state index contributed by atoms with van der Waals surface area (Å²) in [5.41, 5.74) is 4.48. The molecule has 110 valence electrons. The van der Waals surface area contributed by atoms with Crippen LogP contribution in [0.3, 0.4) is 0 Å². The van der Waals surface area contributed by atoms with Crippen LogP contribution < -0.4 is 5.32 Å². The summed E-state index contributed by atoms with van der Waals surface area (Å²) in [6, 6.07) is 0.387. The van der Waals surface area contributed by atoms with Gasteiger partial charge in [0.1, 0.15) is 0 Å². The summed E-state index contributed by atoms with van der Waals surface area (Å²) in [5.74, 6) is 0. The number of aryl methyl sites for hydroxylation is 3. The van der Waals surface area contributed by atoms with Crippen molar-refractivity contribution in [1.29, 1.82) is 0 Å². The molecular formula is C15H25N5. The van der Waals surface area contributed by atoms with E-state index >= 15 is 0 Å². The van der Waals surface area contributed by atoms with E-state index in [2.05, 4.69) is 55.6 Å². The molecule has 0 aliphatic heterocycles. The maximum absolute atomic E-state index is 4.52. The van der Waals surface area contributed by atoms with Gasteiger partial charge in [-0.2, -0.15) is 10.2 Å². The molecule has 0 spiro atoms. The summed E-state index contributed by atoms with van der Waals surface area (Å²) in [7, 11) is 0. The van der Waals surface area contributed by atoms with Crippen LogP contribution in [-0.2, 0) is 13.1 Å². The molecule has 2 aromatic rings. The van der Waals surface area contributed by atoms with Gasteiger partial charge in [-0.1, -0.05) is 6.92 Å². The van der Waals surface area contributed by atoms with Crippen molar-refractivity contribution in [2.24, 2.45) is 0 Å². The number of hydrogen-bond acceptors (Lipinski definition) is 3. The zero-order chi connectivity index (χ0) is 14.7. The predicted molar refractivity (Wildman–Crippen MR) is 81.9 cm³/mol. The smallest absolute Gasteiger partial charge is 0.0825 e. The Labute approximate surface area is 121 Å². The summed E-state index contributed by atoms with van der Waals surface area (Å²) >= 11 is 0. The molecule has 0 fully saturated rings. The highest BCUT2D eigenvalue weighted by Gasteiger charge is 2.09. The van der Waals surface area contributed by atoms with Crippen molar-refractivity contribution in [2.75, 3.05) is 5.32 Å². The van der Waals surface area contributed by atoms with Gasteiger partial charge in [0.05, 0.1) is 17.1 Å². The highest BCUT2D eigenvalue weighted by molar-refractivity contribution is 5.46. The average Bonchev–Trinajstić information content (AvgIpc) is 2.91. The number of nitrogens with one attached hydrogen (secondary N) is 1. The van der Waals surface area contributed by atoms with E-state index < -0.39 is 0 Å². The van der Waals surface area contributed by atoms with E-state index in [-0.39, 0.29) is 0 Å². The lowest BCUT2D eigenvalue weighted by molar-refractivity contribution is 0.529. The van der Waals surface area contributed by atoms with Crippen LogP contribution in [0.15, 0.2) is 12.4 Å². The monoisotopic (exact) mass is 275 g/mol. The minimum atomic E-state index is 0.387. The molecule has 5 nitrogen and oxygen atoms in total. The van der Waals surface area contributed by atoms with Gasteiger partial charge in [-0.05, 0) is 34.1 Å². The van der Waals surface area contributed by atoms with Gasteiger partial charge in [-0.25, -0.2) is 0 Å². The highest BCUT2D eigenvalue weighted by Crippen LogP contribution is 2.17. The minimum Gasteiger partial charge on any atom is -0.378 e. The van der Waals surface area contributed by atoms with E-state index in [1.165, 1.54) is 5.56 Å². The number of aromatic nitrogens is 4. The summed E-state index contributed by atoms with van der Waals surface area (Å²) in [6.07, 6.45) is 5.31. The predicted octanol–water partition coefficient (Wildman–Crippen LogP) is 3.30. The van der Waals surface area contributed by atoms with Crippen molar-refractivity contribution in [3.63, 3.8) is 0 Å². The molecule has 0 bridgehead atoms. The Morgan fingerprint density at radius 2 is 1.90 bits per heavy atom. The molecule has 2 rings (SSSR count). The molecule has 0 saturated heterocycles. The van der Waals surface area contributed by atoms with Crippen molar-refractivity contribution in [3.05, 3.63) is 29.3 Å². The van der Waals surface area contributed by atoms with Crippen molar-refractivity contribution in [2.45, 2.75) is 60.2 Å². The standard InChI is InChI=1S/C15H25N5/c1-6-7-19-9-14(12(4)17-19)8-16-15-10-20(11(2)3)18-13(15)5/h9-11,16H,6-8H2,1-5H3. The van der Waals surface area contributed by atoms with Crippen LogP contribution in [0.4, 0.5) is 5.69 Å². The third-order valence-electron chi connectivity index (χ3n) is 3.42. The SMILES string of the molecule is CCCn1cc(CNc2cn(C(C)C)nc2C)c(C)n1. The number of anilines is 1. The quantitative estimate of drug-likeness (QED) is 0.880. The topological polar surface area (TPSA) is 47.7 Å². The number of nitrogens with zero attached hydrogens (tertiary/aromatic N) is 4.